The fourth-order valence-corrected chi connectivity index (χ4v) is 5.33. The second-order valence-electron chi connectivity index (χ2n) is 9.24. The zero-order valence-corrected chi connectivity index (χ0v) is 19.3. The number of aliphatic hydroxyl groups is 1. The fraction of sp³-hybridized carbons (Fsp3) is 0.379. The van der Waals surface area contributed by atoms with E-state index in [0.717, 1.165) is 54.9 Å². The van der Waals surface area contributed by atoms with Crippen molar-refractivity contribution < 1.29 is 14.6 Å². The summed E-state index contributed by atoms with van der Waals surface area (Å²) in [6.45, 7) is 4.26. The lowest BCUT2D eigenvalue weighted by Crippen LogP contribution is -2.49. The first kappa shape index (κ1) is 22.0. The van der Waals surface area contributed by atoms with Gasteiger partial charge in [0.25, 0.3) is 0 Å². The number of hydrogen-bond donors (Lipinski definition) is 1. The summed E-state index contributed by atoms with van der Waals surface area (Å²) in [7, 11) is 0. The summed E-state index contributed by atoms with van der Waals surface area (Å²) in [6, 6.07) is 25.5. The van der Waals surface area contributed by atoms with Gasteiger partial charge in [-0.3, -0.25) is 4.90 Å². The van der Waals surface area contributed by atoms with Crippen LogP contribution in [0.5, 0.6) is 11.5 Å². The highest BCUT2D eigenvalue weighted by Gasteiger charge is 2.38. The predicted molar refractivity (Wildman–Crippen MR) is 130 cm³/mol. The summed E-state index contributed by atoms with van der Waals surface area (Å²) in [4.78, 5) is 2.60. The number of fused-ring (bicyclic) bond motifs is 3. The Morgan fingerprint density at radius 1 is 0.848 bits per heavy atom. The molecule has 4 nitrogen and oxygen atoms in total. The molecule has 0 aliphatic carbocycles. The molecule has 172 valence electrons. The van der Waals surface area contributed by atoms with E-state index >= 15 is 0 Å². The molecule has 1 saturated heterocycles. The van der Waals surface area contributed by atoms with Crippen LogP contribution in [0.25, 0.3) is 0 Å². The third kappa shape index (κ3) is 4.92. The Hall–Kier alpha value is -2.82. The van der Waals surface area contributed by atoms with Crippen molar-refractivity contribution in [2.45, 2.75) is 64.0 Å². The van der Waals surface area contributed by atoms with Crippen molar-refractivity contribution in [1.82, 2.24) is 4.90 Å². The van der Waals surface area contributed by atoms with Crippen molar-refractivity contribution in [3.8, 4) is 11.5 Å². The highest BCUT2D eigenvalue weighted by molar-refractivity contribution is 5.50. The molecule has 1 fully saturated rings. The molecule has 3 aromatic carbocycles. The van der Waals surface area contributed by atoms with Crippen LogP contribution in [-0.4, -0.2) is 28.7 Å². The third-order valence-electron chi connectivity index (χ3n) is 7.06. The van der Waals surface area contributed by atoms with Crippen molar-refractivity contribution in [1.29, 1.82) is 0 Å². The maximum Gasteiger partial charge on any atom is 0.162 e. The molecule has 0 amide bonds. The van der Waals surface area contributed by atoms with E-state index in [1.54, 1.807) is 0 Å². The number of ether oxygens (including phenoxy) is 2. The van der Waals surface area contributed by atoms with Gasteiger partial charge in [0, 0.05) is 18.6 Å². The Labute approximate surface area is 196 Å². The van der Waals surface area contributed by atoms with Crippen LogP contribution >= 0.6 is 0 Å². The Kier molecular flexibility index (Phi) is 6.65. The SMILES string of the molecule is CC[C@@H]1C[C@H](O)C[C@H]2c3cc(OCc4ccccc4)c(OCc4ccccc4)cc3CCN12. The molecule has 0 unspecified atom stereocenters. The average Bonchev–Trinajstić information content (AvgIpc) is 2.86. The summed E-state index contributed by atoms with van der Waals surface area (Å²) < 4.78 is 12.6. The van der Waals surface area contributed by atoms with Crippen LogP contribution in [-0.2, 0) is 19.6 Å². The van der Waals surface area contributed by atoms with Crippen LogP contribution in [0.3, 0.4) is 0 Å². The van der Waals surface area contributed by atoms with Crippen LogP contribution in [0.15, 0.2) is 72.8 Å². The Bertz CT molecular complexity index is 1050. The monoisotopic (exact) mass is 443 g/mol. The fourth-order valence-electron chi connectivity index (χ4n) is 5.33. The van der Waals surface area contributed by atoms with Crippen molar-refractivity contribution >= 4 is 0 Å². The molecule has 2 aliphatic rings. The molecule has 2 heterocycles. The lowest BCUT2D eigenvalue weighted by atomic mass is 9.82. The molecule has 3 atom stereocenters. The molecule has 0 spiro atoms. The average molecular weight is 444 g/mol. The normalized spacial score (nSPS) is 22.3. The Morgan fingerprint density at radius 3 is 2.06 bits per heavy atom. The molecule has 0 saturated carbocycles. The standard InChI is InChI=1S/C29H33NO3/c1-2-24-16-25(31)17-27-26-18-29(33-20-22-11-7-4-8-12-22)28(15-23(26)13-14-30(24)27)32-19-21-9-5-3-6-10-21/h3-12,15,18,24-25,27,31H,2,13-14,16-17,19-20H2,1H3/t24-,25+,27+/m1/s1. The second kappa shape index (κ2) is 9.98. The van der Waals surface area contributed by atoms with Gasteiger partial charge in [0.05, 0.1) is 6.10 Å². The number of benzene rings is 3. The summed E-state index contributed by atoms with van der Waals surface area (Å²) in [6.07, 6.45) is 3.48. The molecule has 0 radical (unpaired) electrons. The first-order valence-electron chi connectivity index (χ1n) is 12.2. The first-order chi connectivity index (χ1) is 16.2. The summed E-state index contributed by atoms with van der Waals surface area (Å²) in [5.41, 5.74) is 4.87. The number of rotatable bonds is 7. The van der Waals surface area contributed by atoms with Crippen LogP contribution in [0, 0.1) is 0 Å². The highest BCUT2D eigenvalue weighted by Crippen LogP contribution is 2.44. The summed E-state index contributed by atoms with van der Waals surface area (Å²) in [5, 5.41) is 10.6. The minimum Gasteiger partial charge on any atom is -0.485 e. The van der Waals surface area contributed by atoms with Gasteiger partial charge >= 0.3 is 0 Å². The number of hydrogen-bond acceptors (Lipinski definition) is 4. The molecule has 0 bridgehead atoms. The zero-order valence-electron chi connectivity index (χ0n) is 19.3. The topological polar surface area (TPSA) is 41.9 Å². The number of aliphatic hydroxyl groups excluding tert-OH is 1. The lowest BCUT2D eigenvalue weighted by molar-refractivity contribution is -0.00695. The van der Waals surface area contributed by atoms with Crippen molar-refractivity contribution in [2.24, 2.45) is 0 Å². The van der Waals surface area contributed by atoms with Crippen LogP contribution in [0.2, 0.25) is 0 Å². The van der Waals surface area contributed by atoms with Crippen LogP contribution < -0.4 is 9.47 Å². The molecule has 33 heavy (non-hydrogen) atoms. The van der Waals surface area contributed by atoms with Gasteiger partial charge in [-0.25, -0.2) is 0 Å². The second-order valence-corrected chi connectivity index (χ2v) is 9.24. The minimum absolute atomic E-state index is 0.240. The van der Waals surface area contributed by atoms with E-state index < -0.39 is 0 Å². The number of nitrogens with zero attached hydrogens (tertiary/aromatic N) is 1. The van der Waals surface area contributed by atoms with Gasteiger partial charge in [-0.2, -0.15) is 0 Å². The van der Waals surface area contributed by atoms with Gasteiger partial charge in [-0.15, -0.1) is 0 Å². The predicted octanol–water partition coefficient (Wildman–Crippen LogP) is 5.68. The Balaban J connectivity index is 1.45. The lowest BCUT2D eigenvalue weighted by Gasteiger charge is -2.47. The molecular formula is C29H33NO3. The minimum atomic E-state index is -0.246. The van der Waals surface area contributed by atoms with E-state index in [1.165, 1.54) is 11.1 Å². The summed E-state index contributed by atoms with van der Waals surface area (Å²) >= 11 is 0. The highest BCUT2D eigenvalue weighted by atomic mass is 16.5. The van der Waals surface area contributed by atoms with E-state index in [2.05, 4.69) is 48.2 Å². The van der Waals surface area contributed by atoms with E-state index in [1.807, 2.05) is 36.4 Å². The quantitative estimate of drug-likeness (QED) is 0.510. The maximum absolute atomic E-state index is 10.6. The van der Waals surface area contributed by atoms with E-state index in [4.69, 9.17) is 9.47 Å². The maximum atomic E-state index is 10.6. The van der Waals surface area contributed by atoms with Gasteiger partial charge in [-0.1, -0.05) is 67.6 Å². The number of piperidine rings is 1. The molecule has 5 rings (SSSR count). The van der Waals surface area contributed by atoms with E-state index in [0.29, 0.717) is 19.3 Å². The Morgan fingerprint density at radius 2 is 1.45 bits per heavy atom. The van der Waals surface area contributed by atoms with Gasteiger partial charge in [0.2, 0.25) is 0 Å². The largest absolute Gasteiger partial charge is 0.485 e. The van der Waals surface area contributed by atoms with Crippen molar-refractivity contribution in [3.63, 3.8) is 0 Å². The smallest absolute Gasteiger partial charge is 0.162 e. The first-order valence-corrected chi connectivity index (χ1v) is 12.2. The molecule has 3 aromatic rings. The zero-order chi connectivity index (χ0) is 22.6. The van der Waals surface area contributed by atoms with Crippen LogP contribution in [0.1, 0.15) is 54.5 Å². The van der Waals surface area contributed by atoms with Gasteiger partial charge in [0.1, 0.15) is 13.2 Å². The molecule has 1 N–H and O–H groups in total. The van der Waals surface area contributed by atoms with E-state index in [-0.39, 0.29) is 12.1 Å². The third-order valence-corrected chi connectivity index (χ3v) is 7.06. The van der Waals surface area contributed by atoms with Gasteiger partial charge in [-0.05, 0) is 60.1 Å². The van der Waals surface area contributed by atoms with E-state index in [9.17, 15) is 5.11 Å². The molecule has 4 heteroatoms. The van der Waals surface area contributed by atoms with Crippen molar-refractivity contribution in [3.05, 3.63) is 95.1 Å². The molecule has 2 aliphatic heterocycles. The molecule has 0 aromatic heterocycles. The summed E-state index contributed by atoms with van der Waals surface area (Å²) in [5.74, 6) is 1.58. The van der Waals surface area contributed by atoms with Gasteiger partial charge < -0.3 is 14.6 Å². The van der Waals surface area contributed by atoms with Gasteiger partial charge in [0.15, 0.2) is 11.5 Å². The molecular weight excluding hydrogens is 410 g/mol. The van der Waals surface area contributed by atoms with Crippen LogP contribution in [0.4, 0.5) is 0 Å². The van der Waals surface area contributed by atoms with Crippen molar-refractivity contribution in [2.75, 3.05) is 6.54 Å².